The van der Waals surface area contributed by atoms with Gasteiger partial charge in [-0.1, -0.05) is 77.6 Å². The molecule has 0 saturated heterocycles. The summed E-state index contributed by atoms with van der Waals surface area (Å²) in [4.78, 5) is 12.8. The number of hydrogen-bond donors (Lipinski definition) is 1. The largest absolute Gasteiger partial charge is 0.286 e. The first-order valence-corrected chi connectivity index (χ1v) is 10.2. The third kappa shape index (κ3) is 6.10. The molecular weight excluding hydrogens is 286 g/mol. The number of amides is 1. The molecule has 1 N–H and O–H groups in total. The average Bonchev–Trinajstić information content (AvgIpc) is 2.54. The SMILES string of the molecule is C[C@@H]1CCCC[C@H]1N(O)C(=O)C1CCCCCCCCCCC1. The van der Waals surface area contributed by atoms with Gasteiger partial charge in [0.25, 0.3) is 0 Å². The topological polar surface area (TPSA) is 40.5 Å². The van der Waals surface area contributed by atoms with Crippen molar-refractivity contribution in [1.29, 1.82) is 0 Å². The van der Waals surface area contributed by atoms with Crippen LogP contribution >= 0.6 is 0 Å². The van der Waals surface area contributed by atoms with Gasteiger partial charge in [0.05, 0.1) is 6.04 Å². The number of hydroxylamine groups is 2. The molecule has 134 valence electrons. The molecule has 0 aromatic carbocycles. The van der Waals surface area contributed by atoms with Gasteiger partial charge in [-0.2, -0.15) is 0 Å². The minimum Gasteiger partial charge on any atom is -0.286 e. The Labute approximate surface area is 142 Å². The lowest BCUT2D eigenvalue weighted by Gasteiger charge is -2.36. The highest BCUT2D eigenvalue weighted by Gasteiger charge is 2.32. The molecule has 2 saturated carbocycles. The van der Waals surface area contributed by atoms with Gasteiger partial charge >= 0.3 is 0 Å². The summed E-state index contributed by atoms with van der Waals surface area (Å²) in [6, 6.07) is 0.0534. The minimum atomic E-state index is 0.0146. The molecule has 2 atom stereocenters. The lowest BCUT2D eigenvalue weighted by Crippen LogP contribution is -2.45. The van der Waals surface area contributed by atoms with Crippen LogP contribution in [0, 0.1) is 11.8 Å². The second kappa shape index (κ2) is 10.3. The first-order chi connectivity index (χ1) is 11.2. The molecule has 0 aromatic rings. The van der Waals surface area contributed by atoms with Gasteiger partial charge in [0, 0.05) is 5.92 Å². The predicted octanol–water partition coefficient (Wildman–Crippen LogP) is 5.70. The number of carbonyl (C=O) groups excluding carboxylic acids is 1. The second-order valence-electron chi connectivity index (χ2n) is 7.97. The molecule has 2 aliphatic carbocycles. The Morgan fingerprint density at radius 1 is 0.739 bits per heavy atom. The standard InChI is InChI=1S/C20H37NO2/c1-17-13-11-12-16-19(17)21(23)20(22)18-14-9-7-5-3-2-4-6-8-10-15-18/h17-19,23H,2-16H2,1H3/t17-,19-/m1/s1. The van der Waals surface area contributed by atoms with Crippen LogP contribution in [0.4, 0.5) is 0 Å². The van der Waals surface area contributed by atoms with E-state index in [1.807, 2.05) is 0 Å². The summed E-state index contributed by atoms with van der Waals surface area (Å²) in [6.07, 6.45) is 17.9. The Balaban J connectivity index is 1.89. The van der Waals surface area contributed by atoms with E-state index in [2.05, 4.69) is 6.92 Å². The Hall–Kier alpha value is -0.570. The van der Waals surface area contributed by atoms with E-state index in [4.69, 9.17) is 0 Å². The van der Waals surface area contributed by atoms with Gasteiger partial charge in [0.1, 0.15) is 0 Å². The maximum absolute atomic E-state index is 12.8. The van der Waals surface area contributed by atoms with Crippen molar-refractivity contribution in [2.24, 2.45) is 11.8 Å². The molecule has 2 fully saturated rings. The summed E-state index contributed by atoms with van der Waals surface area (Å²) in [6.45, 7) is 2.18. The summed E-state index contributed by atoms with van der Waals surface area (Å²) in [5, 5.41) is 11.7. The van der Waals surface area contributed by atoms with E-state index in [1.165, 1.54) is 51.4 Å². The highest BCUT2D eigenvalue weighted by molar-refractivity contribution is 5.78. The van der Waals surface area contributed by atoms with Crippen LogP contribution in [0.1, 0.15) is 103 Å². The Morgan fingerprint density at radius 3 is 1.70 bits per heavy atom. The Morgan fingerprint density at radius 2 is 1.17 bits per heavy atom. The van der Waals surface area contributed by atoms with Crippen LogP contribution in [0.2, 0.25) is 0 Å². The fraction of sp³-hybridized carbons (Fsp3) is 0.950. The van der Waals surface area contributed by atoms with Crippen LogP contribution in [0.5, 0.6) is 0 Å². The van der Waals surface area contributed by atoms with Gasteiger partial charge < -0.3 is 0 Å². The zero-order chi connectivity index (χ0) is 16.5. The molecule has 2 aliphatic rings. The van der Waals surface area contributed by atoms with E-state index in [0.717, 1.165) is 50.0 Å². The van der Waals surface area contributed by atoms with E-state index >= 15 is 0 Å². The van der Waals surface area contributed by atoms with Gasteiger partial charge in [-0.05, 0) is 31.6 Å². The third-order valence-electron chi connectivity index (χ3n) is 6.06. The van der Waals surface area contributed by atoms with E-state index in [1.54, 1.807) is 0 Å². The van der Waals surface area contributed by atoms with Crippen molar-refractivity contribution in [1.82, 2.24) is 5.06 Å². The maximum atomic E-state index is 12.8. The van der Waals surface area contributed by atoms with Crippen LogP contribution in [-0.2, 0) is 4.79 Å². The molecule has 0 aromatic heterocycles. The molecule has 0 unspecified atom stereocenters. The number of rotatable bonds is 2. The lowest BCUT2D eigenvalue weighted by molar-refractivity contribution is -0.188. The predicted molar refractivity (Wildman–Crippen MR) is 94.3 cm³/mol. The Kier molecular flexibility index (Phi) is 8.43. The normalized spacial score (nSPS) is 29.3. The van der Waals surface area contributed by atoms with Crippen molar-refractivity contribution in [2.45, 2.75) is 109 Å². The number of nitrogens with zero attached hydrogens (tertiary/aromatic N) is 1. The molecule has 0 bridgehead atoms. The molecule has 3 nitrogen and oxygen atoms in total. The summed E-state index contributed by atoms with van der Waals surface area (Å²) >= 11 is 0. The first kappa shape index (κ1) is 18.8. The molecule has 1 amide bonds. The summed E-state index contributed by atoms with van der Waals surface area (Å²) in [7, 11) is 0. The van der Waals surface area contributed by atoms with Crippen molar-refractivity contribution < 1.29 is 10.0 Å². The molecule has 0 aliphatic heterocycles. The van der Waals surface area contributed by atoms with Gasteiger partial charge in [-0.3, -0.25) is 10.0 Å². The highest BCUT2D eigenvalue weighted by Crippen LogP contribution is 2.30. The van der Waals surface area contributed by atoms with E-state index in [-0.39, 0.29) is 17.9 Å². The fourth-order valence-electron chi connectivity index (χ4n) is 4.42. The fourth-order valence-corrected chi connectivity index (χ4v) is 4.42. The summed E-state index contributed by atoms with van der Waals surface area (Å²) in [5.41, 5.74) is 0. The summed E-state index contributed by atoms with van der Waals surface area (Å²) < 4.78 is 0. The van der Waals surface area contributed by atoms with Crippen LogP contribution in [0.15, 0.2) is 0 Å². The Bertz CT molecular complexity index is 333. The lowest BCUT2D eigenvalue weighted by atomic mass is 9.84. The maximum Gasteiger partial charge on any atom is 0.249 e. The smallest absolute Gasteiger partial charge is 0.249 e. The van der Waals surface area contributed by atoms with E-state index in [0.29, 0.717) is 5.92 Å². The molecular formula is C20H37NO2. The molecule has 23 heavy (non-hydrogen) atoms. The zero-order valence-corrected chi connectivity index (χ0v) is 15.1. The van der Waals surface area contributed by atoms with Crippen LogP contribution in [0.3, 0.4) is 0 Å². The number of carbonyl (C=O) groups is 1. The quantitative estimate of drug-likeness (QED) is 0.523. The van der Waals surface area contributed by atoms with Gasteiger partial charge in [-0.25, -0.2) is 5.06 Å². The average molecular weight is 324 g/mol. The van der Waals surface area contributed by atoms with E-state index in [9.17, 15) is 10.0 Å². The minimum absolute atomic E-state index is 0.0146. The van der Waals surface area contributed by atoms with Crippen molar-refractivity contribution in [2.75, 3.05) is 0 Å². The first-order valence-electron chi connectivity index (χ1n) is 10.2. The summed E-state index contributed by atoms with van der Waals surface area (Å²) in [5.74, 6) is 0.498. The molecule has 0 spiro atoms. The van der Waals surface area contributed by atoms with Crippen molar-refractivity contribution in [3.8, 4) is 0 Å². The van der Waals surface area contributed by atoms with Crippen LogP contribution in [-0.4, -0.2) is 22.2 Å². The van der Waals surface area contributed by atoms with Crippen LogP contribution < -0.4 is 0 Å². The van der Waals surface area contributed by atoms with Crippen molar-refractivity contribution >= 4 is 5.91 Å². The zero-order valence-electron chi connectivity index (χ0n) is 15.1. The van der Waals surface area contributed by atoms with Gasteiger partial charge in [0.15, 0.2) is 0 Å². The second-order valence-corrected chi connectivity index (χ2v) is 7.97. The van der Waals surface area contributed by atoms with Crippen LogP contribution in [0.25, 0.3) is 0 Å². The monoisotopic (exact) mass is 323 g/mol. The van der Waals surface area contributed by atoms with Crippen molar-refractivity contribution in [3.05, 3.63) is 0 Å². The molecule has 0 radical (unpaired) electrons. The highest BCUT2D eigenvalue weighted by atomic mass is 16.5. The third-order valence-corrected chi connectivity index (χ3v) is 6.06. The van der Waals surface area contributed by atoms with Crippen molar-refractivity contribution in [3.63, 3.8) is 0 Å². The number of hydrogen-bond acceptors (Lipinski definition) is 2. The molecule has 0 heterocycles. The molecule has 3 heteroatoms. The van der Waals surface area contributed by atoms with E-state index < -0.39 is 0 Å². The molecule has 2 rings (SSSR count). The van der Waals surface area contributed by atoms with Gasteiger partial charge in [0.2, 0.25) is 5.91 Å². The van der Waals surface area contributed by atoms with Gasteiger partial charge in [-0.15, -0.1) is 0 Å².